The van der Waals surface area contributed by atoms with E-state index in [-0.39, 0.29) is 25.3 Å². The molecule has 3 aliphatic heterocycles. The van der Waals surface area contributed by atoms with E-state index in [0.29, 0.717) is 37.8 Å². The minimum Gasteiger partial charge on any atom is -1.00 e. The van der Waals surface area contributed by atoms with Crippen molar-refractivity contribution in [2.24, 2.45) is 0 Å². The summed E-state index contributed by atoms with van der Waals surface area (Å²) in [5, 5.41) is 1.80. The van der Waals surface area contributed by atoms with Crippen LogP contribution in [0.3, 0.4) is 0 Å². The Balaban J connectivity index is 0.00000228. The van der Waals surface area contributed by atoms with E-state index in [9.17, 15) is 4.79 Å². The minimum absolute atomic E-state index is 0. The summed E-state index contributed by atoms with van der Waals surface area (Å²) < 4.78 is 30.1. The van der Waals surface area contributed by atoms with Crippen molar-refractivity contribution < 1.29 is 45.5 Å². The van der Waals surface area contributed by atoms with E-state index in [1.165, 1.54) is 5.56 Å². The average molecular weight is 471 g/mol. The Labute approximate surface area is 197 Å². The Bertz CT molecular complexity index is 1240. The molecule has 0 N–H and O–H groups in total. The molecule has 0 aliphatic carbocycles. The van der Waals surface area contributed by atoms with Crippen LogP contribution >= 0.6 is 0 Å². The second kappa shape index (κ2) is 8.61. The maximum absolute atomic E-state index is 12.8. The first-order valence-electron chi connectivity index (χ1n) is 10.7. The molecule has 0 bridgehead atoms. The fourth-order valence-electron chi connectivity index (χ4n) is 4.56. The summed E-state index contributed by atoms with van der Waals surface area (Å²) in [6.45, 7) is 3.14. The van der Waals surface area contributed by atoms with Gasteiger partial charge in [0.2, 0.25) is 12.5 Å². The van der Waals surface area contributed by atoms with E-state index < -0.39 is 0 Å². The maximum atomic E-state index is 12.8. The van der Waals surface area contributed by atoms with Crippen LogP contribution in [0.4, 0.5) is 4.79 Å². The molecule has 9 heteroatoms. The first-order valence-corrected chi connectivity index (χ1v) is 10.7. The highest BCUT2D eigenvalue weighted by Crippen LogP contribution is 2.41. The average Bonchev–Trinajstić information content (AvgIpc) is 3.30. The molecule has 33 heavy (non-hydrogen) atoms. The van der Waals surface area contributed by atoms with Gasteiger partial charge < -0.3 is 41.0 Å². The molecule has 0 spiro atoms. The van der Waals surface area contributed by atoms with Crippen LogP contribution in [0, 0.1) is 0 Å². The molecular weight excluding hydrogens is 448 g/mol. The van der Waals surface area contributed by atoms with Gasteiger partial charge in [0.1, 0.15) is 0 Å². The van der Waals surface area contributed by atoms with E-state index in [1.807, 2.05) is 18.3 Å². The van der Waals surface area contributed by atoms with Gasteiger partial charge in [0.15, 0.2) is 35.7 Å². The van der Waals surface area contributed by atoms with E-state index in [4.69, 9.17) is 23.7 Å². The largest absolute Gasteiger partial charge is 1.00 e. The van der Waals surface area contributed by atoms with Gasteiger partial charge in [0.05, 0.1) is 31.3 Å². The highest BCUT2D eigenvalue weighted by atomic mass is 35.5. The highest BCUT2D eigenvalue weighted by molar-refractivity contribution is 5.93. The minimum atomic E-state index is -0.389. The molecule has 2 aromatic carbocycles. The number of aromatic nitrogens is 1. The van der Waals surface area contributed by atoms with Crippen molar-refractivity contribution in [3.8, 4) is 34.3 Å². The van der Waals surface area contributed by atoms with Crippen molar-refractivity contribution in [3.05, 3.63) is 42.1 Å². The topological polar surface area (TPSA) is 70.3 Å². The monoisotopic (exact) mass is 470 g/mol. The zero-order valence-electron chi connectivity index (χ0n) is 18.1. The molecule has 172 valence electrons. The van der Waals surface area contributed by atoms with Crippen LogP contribution in [0.1, 0.15) is 5.56 Å². The number of fused-ring (bicyclic) bond motifs is 5. The number of halogens is 1. The lowest BCUT2D eigenvalue weighted by atomic mass is 9.95. The second-order valence-electron chi connectivity index (χ2n) is 8.03. The smallest absolute Gasteiger partial charge is 0.415 e. The van der Waals surface area contributed by atoms with Crippen LogP contribution in [0.25, 0.3) is 22.0 Å². The number of amides is 1. The van der Waals surface area contributed by atoms with Crippen LogP contribution in [-0.4, -0.2) is 51.2 Å². The predicted molar refractivity (Wildman–Crippen MR) is 114 cm³/mol. The molecule has 0 radical (unpaired) electrons. The van der Waals surface area contributed by atoms with Gasteiger partial charge in [-0.3, -0.25) is 0 Å². The number of rotatable bonds is 2. The summed E-state index contributed by atoms with van der Waals surface area (Å²) >= 11 is 0. The zero-order valence-corrected chi connectivity index (χ0v) is 18.9. The Morgan fingerprint density at radius 2 is 1.88 bits per heavy atom. The third kappa shape index (κ3) is 3.69. The summed E-state index contributed by atoms with van der Waals surface area (Å²) in [6, 6.07) is 10.1. The van der Waals surface area contributed by atoms with Crippen molar-refractivity contribution in [1.82, 2.24) is 4.90 Å². The molecular formula is C24H23ClN2O6. The van der Waals surface area contributed by atoms with Crippen LogP contribution < -0.4 is 35.9 Å². The lowest BCUT2D eigenvalue weighted by Crippen LogP contribution is -3.00. The SMILES string of the molecule is COc1ccc2cc3[n+](cc2c1OC(=O)N1CCOCC1)CCc1cc2c(cc1-3)OCO2.[Cl-]. The van der Waals surface area contributed by atoms with Crippen molar-refractivity contribution in [3.63, 3.8) is 0 Å². The summed E-state index contributed by atoms with van der Waals surface area (Å²) in [6.07, 6.45) is 2.53. The van der Waals surface area contributed by atoms with Crippen LogP contribution in [0.2, 0.25) is 0 Å². The maximum Gasteiger partial charge on any atom is 0.415 e. The number of nitrogens with zero attached hydrogens (tertiary/aromatic N) is 2. The van der Waals surface area contributed by atoms with Crippen LogP contribution in [-0.2, 0) is 17.7 Å². The fraction of sp³-hybridized carbons (Fsp3) is 0.333. The van der Waals surface area contributed by atoms with E-state index in [1.54, 1.807) is 12.0 Å². The molecule has 4 heterocycles. The Hall–Kier alpha value is -3.23. The lowest BCUT2D eigenvalue weighted by molar-refractivity contribution is -0.686. The lowest BCUT2D eigenvalue weighted by Gasteiger charge is -2.26. The van der Waals surface area contributed by atoms with Crippen molar-refractivity contribution in [1.29, 1.82) is 0 Å². The van der Waals surface area contributed by atoms with Crippen LogP contribution in [0.15, 0.2) is 36.5 Å². The predicted octanol–water partition coefficient (Wildman–Crippen LogP) is -0.0773. The number of methoxy groups -OCH3 is 1. The van der Waals surface area contributed by atoms with Crippen molar-refractivity contribution >= 4 is 16.9 Å². The van der Waals surface area contributed by atoms with Gasteiger partial charge in [-0.05, 0) is 35.2 Å². The van der Waals surface area contributed by atoms with Crippen molar-refractivity contribution in [2.45, 2.75) is 13.0 Å². The molecule has 6 rings (SSSR count). The van der Waals surface area contributed by atoms with Crippen LogP contribution in [0.5, 0.6) is 23.0 Å². The molecule has 1 amide bonds. The molecule has 8 nitrogen and oxygen atoms in total. The summed E-state index contributed by atoms with van der Waals surface area (Å²) in [4.78, 5) is 14.5. The Morgan fingerprint density at radius 1 is 1.09 bits per heavy atom. The quantitative estimate of drug-likeness (QED) is 0.488. The number of carbonyl (C=O) groups excluding carboxylic acids is 1. The number of pyridine rings is 1. The molecule has 0 unspecified atom stereocenters. The summed E-state index contributed by atoms with van der Waals surface area (Å²) in [7, 11) is 1.58. The third-order valence-corrected chi connectivity index (χ3v) is 6.26. The van der Waals surface area contributed by atoms with Gasteiger partial charge in [0.25, 0.3) is 0 Å². The third-order valence-electron chi connectivity index (χ3n) is 6.26. The molecule has 1 aromatic heterocycles. The number of carbonyl (C=O) groups is 1. The van der Waals surface area contributed by atoms with E-state index in [0.717, 1.165) is 46.5 Å². The Kier molecular flexibility index (Phi) is 5.64. The highest BCUT2D eigenvalue weighted by Gasteiger charge is 2.29. The Morgan fingerprint density at radius 3 is 2.67 bits per heavy atom. The van der Waals surface area contributed by atoms with E-state index in [2.05, 4.69) is 22.8 Å². The van der Waals surface area contributed by atoms with Gasteiger partial charge in [-0.15, -0.1) is 0 Å². The molecule has 1 saturated heterocycles. The van der Waals surface area contributed by atoms with Gasteiger partial charge >= 0.3 is 6.09 Å². The molecule has 3 aliphatic rings. The van der Waals surface area contributed by atoms with E-state index >= 15 is 0 Å². The van der Waals surface area contributed by atoms with Gasteiger partial charge in [-0.2, -0.15) is 4.57 Å². The number of morpholine rings is 1. The fourth-order valence-corrected chi connectivity index (χ4v) is 4.56. The number of aryl methyl sites for hydroxylation is 2. The van der Waals surface area contributed by atoms with Gasteiger partial charge in [0, 0.05) is 25.6 Å². The first kappa shape index (κ1) is 21.6. The normalized spacial score (nSPS) is 16.0. The summed E-state index contributed by atoms with van der Waals surface area (Å²) in [5.41, 5.74) is 3.46. The number of ether oxygens (including phenoxy) is 5. The molecule has 0 atom stereocenters. The zero-order chi connectivity index (χ0) is 21.7. The standard InChI is InChI=1S/C24H23N2O6.ClH/c1-28-20-3-2-15-10-19-17-12-22-21(30-14-31-22)11-16(17)4-5-26(19)13-18(15)23(20)32-24(27)25-6-8-29-9-7-25;/h2-3,10-13H,4-9,14H2,1H3;1H/q+1;/p-1. The summed E-state index contributed by atoms with van der Waals surface area (Å²) in [5.74, 6) is 2.54. The number of hydrogen-bond acceptors (Lipinski definition) is 6. The number of benzene rings is 2. The van der Waals surface area contributed by atoms with Gasteiger partial charge in [-0.25, -0.2) is 4.79 Å². The van der Waals surface area contributed by atoms with Crippen molar-refractivity contribution in [2.75, 3.05) is 40.2 Å². The molecule has 0 saturated carbocycles. The number of hydrogen-bond donors (Lipinski definition) is 0. The molecule has 3 aromatic rings. The second-order valence-corrected chi connectivity index (χ2v) is 8.03. The van der Waals surface area contributed by atoms with Gasteiger partial charge in [-0.1, -0.05) is 0 Å². The first-order chi connectivity index (χ1) is 15.7. The molecule has 1 fully saturated rings.